The zero-order valence-electron chi connectivity index (χ0n) is 12.8. The maximum atomic E-state index is 11.9. The van der Waals surface area contributed by atoms with Crippen LogP contribution in [0.5, 0.6) is 0 Å². The van der Waals surface area contributed by atoms with E-state index in [9.17, 15) is 4.79 Å². The van der Waals surface area contributed by atoms with Gasteiger partial charge in [0.1, 0.15) is 6.54 Å². The lowest BCUT2D eigenvalue weighted by Gasteiger charge is -2.32. The van der Waals surface area contributed by atoms with E-state index in [-0.39, 0.29) is 17.1 Å². The van der Waals surface area contributed by atoms with Gasteiger partial charge in [-0.3, -0.25) is 4.79 Å². The Balaban J connectivity index is 1.93. The number of nitrogens with zero attached hydrogens (tertiary/aromatic N) is 2. The first-order valence-corrected chi connectivity index (χ1v) is 6.99. The highest BCUT2D eigenvalue weighted by Crippen LogP contribution is 2.36. The van der Waals surface area contributed by atoms with Crippen molar-refractivity contribution in [2.24, 2.45) is 0 Å². The van der Waals surface area contributed by atoms with Crippen LogP contribution in [0.15, 0.2) is 12.1 Å². The summed E-state index contributed by atoms with van der Waals surface area (Å²) in [5.74, 6) is 0.117. The maximum absolute atomic E-state index is 11.9. The highest BCUT2D eigenvalue weighted by Gasteiger charge is 2.52. The lowest BCUT2D eigenvalue weighted by Crippen LogP contribution is -2.45. The van der Waals surface area contributed by atoms with Crippen molar-refractivity contribution < 1.29 is 14.1 Å². The Morgan fingerprint density at radius 2 is 1.70 bits per heavy atom. The molecule has 1 amide bonds. The van der Waals surface area contributed by atoms with E-state index >= 15 is 0 Å². The molecule has 1 saturated heterocycles. The summed E-state index contributed by atoms with van der Waals surface area (Å²) in [6, 6.07) is 4.05. The minimum atomic E-state index is -0.412. The molecule has 20 heavy (non-hydrogen) atoms. The Morgan fingerprint density at radius 3 is 2.30 bits per heavy atom. The molecule has 0 aromatic carbocycles. The smallest absolute Gasteiger partial charge is 0.398 e. The molecule has 1 aromatic rings. The summed E-state index contributed by atoms with van der Waals surface area (Å²) in [5.41, 5.74) is 1.33. The molecule has 0 aliphatic carbocycles. The van der Waals surface area contributed by atoms with Gasteiger partial charge in [0.05, 0.1) is 17.7 Å². The Labute approximate surface area is 120 Å². The highest BCUT2D eigenvalue weighted by atomic mass is 16.7. The Morgan fingerprint density at radius 1 is 1.10 bits per heavy atom. The van der Waals surface area contributed by atoms with Crippen LogP contribution < -0.4 is 5.59 Å². The van der Waals surface area contributed by atoms with Gasteiger partial charge in [0.25, 0.3) is 0 Å². The first-order valence-electron chi connectivity index (χ1n) is 6.99. The van der Waals surface area contributed by atoms with Gasteiger partial charge in [-0.05, 0) is 39.8 Å². The van der Waals surface area contributed by atoms with Crippen LogP contribution in [0.2, 0.25) is 0 Å². The number of carbonyl (C=O) groups excluding carboxylic acids is 1. The summed E-state index contributed by atoms with van der Waals surface area (Å²) >= 11 is 0. The molecule has 0 saturated carbocycles. The predicted molar refractivity (Wildman–Crippen MR) is 76.6 cm³/mol. The molecule has 5 nitrogen and oxygen atoms in total. The van der Waals surface area contributed by atoms with Gasteiger partial charge in [-0.15, -0.1) is 0 Å². The van der Waals surface area contributed by atoms with Gasteiger partial charge in [0, 0.05) is 18.3 Å². The number of hydrogen-bond acceptors (Lipinski definition) is 3. The minimum absolute atomic E-state index is 0.117. The van der Waals surface area contributed by atoms with Gasteiger partial charge in [-0.25, -0.2) is 0 Å². The molecule has 6 heteroatoms. The summed E-state index contributed by atoms with van der Waals surface area (Å²) < 4.78 is 14.2. The quantitative estimate of drug-likeness (QED) is 0.711. The van der Waals surface area contributed by atoms with Crippen LogP contribution in [-0.2, 0) is 27.2 Å². The van der Waals surface area contributed by atoms with Crippen molar-refractivity contribution in [3.05, 3.63) is 17.8 Å². The van der Waals surface area contributed by atoms with E-state index < -0.39 is 7.12 Å². The van der Waals surface area contributed by atoms with Gasteiger partial charge in [0.2, 0.25) is 5.91 Å². The first-order chi connectivity index (χ1) is 9.21. The maximum Gasteiger partial charge on any atom is 0.512 e. The van der Waals surface area contributed by atoms with Crippen LogP contribution in [0.3, 0.4) is 0 Å². The molecule has 0 unspecified atom stereocenters. The average molecular weight is 276 g/mol. The first kappa shape index (κ1) is 13.7. The van der Waals surface area contributed by atoms with E-state index in [1.165, 1.54) is 0 Å². The third-order valence-electron chi connectivity index (χ3n) is 4.72. The molecule has 0 bridgehead atoms. The highest BCUT2D eigenvalue weighted by molar-refractivity contribution is 6.61. The molecule has 0 radical (unpaired) electrons. The standard InChI is InChI=1S/C14H21BN2O3/c1-13(2)14(3,4)20-15(19-13)11-7-6-10-8-16(5)12(18)9-17(10)11/h6-7H,8-9H2,1-5H3. The number of rotatable bonds is 1. The summed E-state index contributed by atoms with van der Waals surface area (Å²) in [4.78, 5) is 13.6. The molecule has 2 aliphatic heterocycles. The topological polar surface area (TPSA) is 43.7 Å². The Kier molecular flexibility index (Phi) is 2.82. The summed E-state index contributed by atoms with van der Waals surface area (Å²) in [5, 5.41) is 0. The van der Waals surface area contributed by atoms with Crippen LogP contribution in [0.1, 0.15) is 33.4 Å². The molecule has 108 valence electrons. The molecule has 1 aromatic heterocycles. The summed E-state index contributed by atoms with van der Waals surface area (Å²) in [6.07, 6.45) is 0. The van der Waals surface area contributed by atoms with E-state index in [0.29, 0.717) is 13.1 Å². The predicted octanol–water partition coefficient (Wildman–Crippen LogP) is 0.759. The normalized spacial score (nSPS) is 24.1. The number of hydrogen-bond donors (Lipinski definition) is 0. The molecule has 0 N–H and O–H groups in total. The molecule has 2 aliphatic rings. The largest absolute Gasteiger partial charge is 0.512 e. The van der Waals surface area contributed by atoms with Crippen molar-refractivity contribution >= 4 is 18.6 Å². The summed E-state index contributed by atoms with van der Waals surface area (Å²) in [7, 11) is 1.41. The number of aromatic nitrogens is 1. The van der Waals surface area contributed by atoms with E-state index in [2.05, 4.69) is 0 Å². The van der Waals surface area contributed by atoms with Gasteiger partial charge in [-0.1, -0.05) is 0 Å². The van der Waals surface area contributed by atoms with Crippen molar-refractivity contribution in [1.29, 1.82) is 0 Å². The monoisotopic (exact) mass is 276 g/mol. The second kappa shape index (κ2) is 4.12. The lowest BCUT2D eigenvalue weighted by atomic mass is 9.84. The van der Waals surface area contributed by atoms with Crippen LogP contribution >= 0.6 is 0 Å². The van der Waals surface area contributed by atoms with Crippen molar-refractivity contribution in [2.45, 2.75) is 52.0 Å². The van der Waals surface area contributed by atoms with E-state index in [4.69, 9.17) is 9.31 Å². The Bertz CT molecular complexity index is 549. The SMILES string of the molecule is CN1Cc2ccc(B3OC(C)(C)C(C)(C)O3)n2CC1=O. The zero-order chi connectivity index (χ0) is 14.7. The van der Waals surface area contributed by atoms with Crippen molar-refractivity contribution in [3.63, 3.8) is 0 Å². The average Bonchev–Trinajstić information content (AvgIpc) is 2.79. The molecule has 3 heterocycles. The van der Waals surface area contributed by atoms with Crippen molar-refractivity contribution in [1.82, 2.24) is 9.47 Å². The number of carbonyl (C=O) groups is 1. The third-order valence-corrected chi connectivity index (χ3v) is 4.72. The number of fused-ring (bicyclic) bond motifs is 1. The van der Waals surface area contributed by atoms with Crippen molar-refractivity contribution in [3.8, 4) is 0 Å². The van der Waals surface area contributed by atoms with Crippen molar-refractivity contribution in [2.75, 3.05) is 7.05 Å². The molecule has 1 fully saturated rings. The van der Waals surface area contributed by atoms with Crippen LogP contribution in [0, 0.1) is 0 Å². The lowest BCUT2D eigenvalue weighted by molar-refractivity contribution is -0.132. The third kappa shape index (κ3) is 1.90. The Hall–Kier alpha value is -1.27. The molecular weight excluding hydrogens is 255 g/mol. The molecule has 3 rings (SSSR count). The number of amides is 1. The van der Waals surface area contributed by atoms with E-state index in [1.807, 2.05) is 51.4 Å². The molecule has 0 atom stereocenters. The molecular formula is C14H21BN2O3. The van der Waals surface area contributed by atoms with Gasteiger partial charge in [-0.2, -0.15) is 0 Å². The van der Waals surface area contributed by atoms with E-state index in [0.717, 1.165) is 11.3 Å². The zero-order valence-corrected chi connectivity index (χ0v) is 12.8. The second-order valence-electron chi connectivity index (χ2n) is 6.67. The fourth-order valence-electron chi connectivity index (χ4n) is 2.61. The van der Waals surface area contributed by atoms with E-state index in [1.54, 1.807) is 4.90 Å². The van der Waals surface area contributed by atoms with Gasteiger partial charge >= 0.3 is 7.12 Å². The van der Waals surface area contributed by atoms with Crippen LogP contribution in [-0.4, -0.2) is 40.7 Å². The second-order valence-corrected chi connectivity index (χ2v) is 6.67. The van der Waals surface area contributed by atoms with Gasteiger partial charge < -0.3 is 18.8 Å². The summed E-state index contributed by atoms with van der Waals surface area (Å²) in [6.45, 7) is 9.13. The van der Waals surface area contributed by atoms with Gasteiger partial charge in [0.15, 0.2) is 0 Å². The minimum Gasteiger partial charge on any atom is -0.398 e. The van der Waals surface area contributed by atoms with Crippen LogP contribution in [0.4, 0.5) is 0 Å². The molecule has 0 spiro atoms. The fourth-order valence-corrected chi connectivity index (χ4v) is 2.61. The number of likely N-dealkylation sites (N-methyl/N-ethyl adjacent to an activating group) is 1. The van der Waals surface area contributed by atoms with Crippen LogP contribution in [0.25, 0.3) is 0 Å². The fraction of sp³-hybridized carbons (Fsp3) is 0.643.